The largest absolute Gasteiger partial charge is 0.316 e. The predicted octanol–water partition coefficient (Wildman–Crippen LogP) is 3.09. The zero-order chi connectivity index (χ0) is 11.7. The molecule has 0 bridgehead atoms. The highest BCUT2D eigenvalue weighted by Crippen LogP contribution is 2.37. The van der Waals surface area contributed by atoms with Crippen molar-refractivity contribution in [2.75, 3.05) is 7.05 Å². The van der Waals surface area contributed by atoms with Crippen molar-refractivity contribution in [2.45, 2.75) is 31.2 Å². The summed E-state index contributed by atoms with van der Waals surface area (Å²) in [7, 11) is 2.08. The summed E-state index contributed by atoms with van der Waals surface area (Å²) >= 11 is 0. The number of aromatic nitrogens is 1. The van der Waals surface area contributed by atoms with Gasteiger partial charge in [-0.2, -0.15) is 0 Å². The third-order valence-electron chi connectivity index (χ3n) is 4.00. The Morgan fingerprint density at radius 2 is 2.18 bits per heavy atom. The minimum absolute atomic E-state index is 0.626. The predicted molar refractivity (Wildman–Crippen MR) is 71.2 cm³/mol. The Morgan fingerprint density at radius 3 is 3.06 bits per heavy atom. The van der Waals surface area contributed by atoms with Crippen molar-refractivity contribution < 1.29 is 0 Å². The number of fused-ring (bicyclic) bond motifs is 1. The molecule has 1 fully saturated rings. The highest BCUT2D eigenvalue weighted by atomic mass is 14.9. The summed E-state index contributed by atoms with van der Waals surface area (Å²) in [5.74, 6) is 0.646. The minimum Gasteiger partial charge on any atom is -0.316 e. The monoisotopic (exact) mass is 226 g/mol. The van der Waals surface area contributed by atoms with Crippen LogP contribution in [0.15, 0.2) is 36.7 Å². The first-order valence-corrected chi connectivity index (χ1v) is 6.40. The molecule has 1 heterocycles. The molecule has 1 N–H and O–H groups in total. The Labute approximate surface area is 102 Å². The molecule has 17 heavy (non-hydrogen) atoms. The molecule has 2 nitrogen and oxygen atoms in total. The van der Waals surface area contributed by atoms with E-state index in [1.807, 2.05) is 12.4 Å². The Morgan fingerprint density at radius 1 is 1.24 bits per heavy atom. The van der Waals surface area contributed by atoms with E-state index in [-0.39, 0.29) is 0 Å². The van der Waals surface area contributed by atoms with Crippen molar-refractivity contribution >= 4 is 10.8 Å². The molecular formula is C15H18N2. The Hall–Kier alpha value is -1.41. The molecule has 1 aromatic heterocycles. The maximum absolute atomic E-state index is 4.28. The summed E-state index contributed by atoms with van der Waals surface area (Å²) in [6.45, 7) is 0. The fourth-order valence-electron chi connectivity index (χ4n) is 3.14. The molecule has 2 unspecified atom stereocenters. The van der Waals surface area contributed by atoms with Crippen LogP contribution in [-0.4, -0.2) is 18.1 Å². The van der Waals surface area contributed by atoms with Crippen LogP contribution in [0.1, 0.15) is 30.7 Å². The van der Waals surface area contributed by atoms with Crippen LogP contribution in [-0.2, 0) is 0 Å². The smallest absolute Gasteiger partial charge is 0.0349 e. The number of hydrogen-bond acceptors (Lipinski definition) is 2. The molecule has 0 aliphatic heterocycles. The van der Waals surface area contributed by atoms with E-state index in [1.54, 1.807) is 0 Å². The van der Waals surface area contributed by atoms with Crippen molar-refractivity contribution in [1.29, 1.82) is 0 Å². The van der Waals surface area contributed by atoms with E-state index < -0.39 is 0 Å². The van der Waals surface area contributed by atoms with Crippen LogP contribution in [0.5, 0.6) is 0 Å². The number of likely N-dealkylation sites (N-methyl/N-ethyl adjacent to an activating group) is 1. The normalized spacial score (nSPS) is 24.3. The molecule has 2 heteroatoms. The van der Waals surface area contributed by atoms with Gasteiger partial charge in [-0.3, -0.25) is 4.98 Å². The van der Waals surface area contributed by atoms with Gasteiger partial charge in [-0.1, -0.05) is 24.6 Å². The molecule has 0 amide bonds. The van der Waals surface area contributed by atoms with E-state index in [2.05, 4.69) is 41.6 Å². The number of pyridine rings is 1. The van der Waals surface area contributed by atoms with Crippen LogP contribution >= 0.6 is 0 Å². The van der Waals surface area contributed by atoms with Crippen LogP contribution in [0, 0.1) is 0 Å². The Kier molecular flexibility index (Phi) is 2.81. The standard InChI is InChI=1S/C15H18N2/c1-16-15-7-3-6-13(15)12-5-2-4-11-8-9-17-10-14(11)12/h2,4-5,8-10,13,15-16H,3,6-7H2,1H3. The van der Waals surface area contributed by atoms with Crippen molar-refractivity contribution in [3.05, 3.63) is 42.2 Å². The molecule has 2 aromatic rings. The SMILES string of the molecule is CNC1CCCC1c1cccc2ccncc12. The fourth-order valence-corrected chi connectivity index (χ4v) is 3.14. The maximum Gasteiger partial charge on any atom is 0.0349 e. The average Bonchev–Trinajstić information content (AvgIpc) is 2.86. The van der Waals surface area contributed by atoms with Crippen molar-refractivity contribution in [3.63, 3.8) is 0 Å². The lowest BCUT2D eigenvalue weighted by Crippen LogP contribution is -2.27. The van der Waals surface area contributed by atoms with E-state index in [9.17, 15) is 0 Å². The lowest BCUT2D eigenvalue weighted by atomic mass is 9.90. The van der Waals surface area contributed by atoms with Crippen molar-refractivity contribution in [3.8, 4) is 0 Å². The molecule has 1 aromatic carbocycles. The van der Waals surface area contributed by atoms with E-state index in [4.69, 9.17) is 0 Å². The minimum atomic E-state index is 0.626. The van der Waals surface area contributed by atoms with Crippen molar-refractivity contribution in [1.82, 2.24) is 10.3 Å². The van der Waals surface area contributed by atoms with Crippen LogP contribution < -0.4 is 5.32 Å². The molecule has 1 saturated carbocycles. The quantitative estimate of drug-likeness (QED) is 0.851. The van der Waals surface area contributed by atoms with Gasteiger partial charge in [0.2, 0.25) is 0 Å². The number of rotatable bonds is 2. The summed E-state index contributed by atoms with van der Waals surface area (Å²) in [4.78, 5) is 4.28. The van der Waals surface area contributed by atoms with E-state index in [1.165, 1.54) is 35.6 Å². The highest BCUT2D eigenvalue weighted by Gasteiger charge is 2.28. The second kappa shape index (κ2) is 4.46. The molecule has 0 radical (unpaired) electrons. The zero-order valence-electron chi connectivity index (χ0n) is 10.2. The topological polar surface area (TPSA) is 24.9 Å². The van der Waals surface area contributed by atoms with Gasteiger partial charge in [0.05, 0.1) is 0 Å². The molecule has 0 spiro atoms. The average molecular weight is 226 g/mol. The number of nitrogens with zero attached hydrogens (tertiary/aromatic N) is 1. The van der Waals surface area contributed by atoms with Gasteiger partial charge in [0, 0.05) is 23.8 Å². The molecule has 1 aliphatic carbocycles. The van der Waals surface area contributed by atoms with E-state index in [0.29, 0.717) is 12.0 Å². The summed E-state index contributed by atoms with van der Waals surface area (Å²) in [5, 5.41) is 6.08. The van der Waals surface area contributed by atoms with Crippen LogP contribution in [0.4, 0.5) is 0 Å². The first-order chi connectivity index (χ1) is 8.40. The molecule has 88 valence electrons. The Bertz CT molecular complexity index is 516. The van der Waals surface area contributed by atoms with Crippen molar-refractivity contribution in [2.24, 2.45) is 0 Å². The number of hydrogen-bond donors (Lipinski definition) is 1. The van der Waals surface area contributed by atoms with Gasteiger partial charge in [-0.05, 0) is 42.8 Å². The van der Waals surface area contributed by atoms with Gasteiger partial charge in [-0.25, -0.2) is 0 Å². The van der Waals surface area contributed by atoms with Gasteiger partial charge in [-0.15, -0.1) is 0 Å². The summed E-state index contributed by atoms with van der Waals surface area (Å²) < 4.78 is 0. The fraction of sp³-hybridized carbons (Fsp3) is 0.400. The lowest BCUT2D eigenvalue weighted by Gasteiger charge is -2.20. The molecule has 1 aliphatic rings. The van der Waals surface area contributed by atoms with E-state index >= 15 is 0 Å². The molecular weight excluding hydrogens is 208 g/mol. The molecule has 2 atom stereocenters. The van der Waals surface area contributed by atoms with Crippen LogP contribution in [0.3, 0.4) is 0 Å². The van der Waals surface area contributed by atoms with Crippen LogP contribution in [0.2, 0.25) is 0 Å². The number of benzene rings is 1. The zero-order valence-corrected chi connectivity index (χ0v) is 10.2. The highest BCUT2D eigenvalue weighted by molar-refractivity contribution is 5.85. The van der Waals surface area contributed by atoms with Gasteiger partial charge in [0.15, 0.2) is 0 Å². The third kappa shape index (κ3) is 1.83. The molecule has 0 saturated heterocycles. The first kappa shape index (κ1) is 10.7. The summed E-state index contributed by atoms with van der Waals surface area (Å²) in [5.41, 5.74) is 1.47. The number of nitrogens with one attached hydrogen (secondary N) is 1. The summed E-state index contributed by atoms with van der Waals surface area (Å²) in [6, 6.07) is 9.33. The lowest BCUT2D eigenvalue weighted by molar-refractivity contribution is 0.524. The maximum atomic E-state index is 4.28. The Balaban J connectivity index is 2.10. The molecule has 3 rings (SSSR count). The third-order valence-corrected chi connectivity index (χ3v) is 4.00. The first-order valence-electron chi connectivity index (χ1n) is 6.40. The van der Waals surface area contributed by atoms with Gasteiger partial charge in [0.25, 0.3) is 0 Å². The second-order valence-electron chi connectivity index (χ2n) is 4.88. The van der Waals surface area contributed by atoms with Gasteiger partial charge >= 0.3 is 0 Å². The van der Waals surface area contributed by atoms with Gasteiger partial charge in [0.1, 0.15) is 0 Å². The van der Waals surface area contributed by atoms with Crippen LogP contribution in [0.25, 0.3) is 10.8 Å². The van der Waals surface area contributed by atoms with E-state index in [0.717, 1.165) is 0 Å². The second-order valence-corrected chi connectivity index (χ2v) is 4.88. The summed E-state index contributed by atoms with van der Waals surface area (Å²) in [6.07, 6.45) is 7.79. The van der Waals surface area contributed by atoms with Gasteiger partial charge < -0.3 is 5.32 Å².